The monoisotopic (exact) mass is 354 g/mol. The van der Waals surface area contributed by atoms with Crippen LogP contribution in [0.4, 0.5) is 5.69 Å². The van der Waals surface area contributed by atoms with Gasteiger partial charge < -0.3 is 5.32 Å². The number of non-ortho nitro benzene ring substituents is 1. The summed E-state index contributed by atoms with van der Waals surface area (Å²) in [5.41, 5.74) is 1.11. The van der Waals surface area contributed by atoms with E-state index in [0.29, 0.717) is 6.54 Å². The molecule has 0 aliphatic heterocycles. The van der Waals surface area contributed by atoms with Gasteiger partial charge in [0.2, 0.25) is 0 Å². The minimum atomic E-state index is -0.390. The Morgan fingerprint density at radius 1 is 1.40 bits per heavy atom. The van der Waals surface area contributed by atoms with Crippen molar-refractivity contribution in [1.29, 1.82) is 0 Å². The molecule has 20 heavy (non-hydrogen) atoms. The quantitative estimate of drug-likeness (QED) is 0.631. The van der Waals surface area contributed by atoms with Gasteiger partial charge >= 0.3 is 0 Å². The summed E-state index contributed by atoms with van der Waals surface area (Å²) in [6.45, 7) is 4.87. The van der Waals surface area contributed by atoms with Crippen LogP contribution in [-0.2, 0) is 6.54 Å². The van der Waals surface area contributed by atoms with E-state index in [0.717, 1.165) is 10.0 Å². The Labute approximate surface area is 130 Å². The third-order valence-corrected chi connectivity index (χ3v) is 4.96. The van der Waals surface area contributed by atoms with Gasteiger partial charge in [-0.2, -0.15) is 0 Å². The first kappa shape index (κ1) is 15.2. The van der Waals surface area contributed by atoms with Gasteiger partial charge in [-0.15, -0.1) is 11.3 Å². The van der Waals surface area contributed by atoms with E-state index in [4.69, 9.17) is 0 Å². The summed E-state index contributed by atoms with van der Waals surface area (Å²) in [6.07, 6.45) is 0. The molecule has 1 heterocycles. The maximum absolute atomic E-state index is 10.7. The van der Waals surface area contributed by atoms with Gasteiger partial charge in [0.25, 0.3) is 5.69 Å². The van der Waals surface area contributed by atoms with Crippen molar-refractivity contribution in [1.82, 2.24) is 5.32 Å². The van der Waals surface area contributed by atoms with E-state index in [-0.39, 0.29) is 16.7 Å². The molecule has 0 fully saturated rings. The summed E-state index contributed by atoms with van der Waals surface area (Å²) in [5, 5.41) is 14.1. The third-order valence-electron chi connectivity index (χ3n) is 3.03. The molecule has 0 saturated heterocycles. The van der Waals surface area contributed by atoms with Gasteiger partial charge in [-0.3, -0.25) is 10.1 Å². The van der Waals surface area contributed by atoms with Crippen molar-refractivity contribution < 1.29 is 4.92 Å². The lowest BCUT2D eigenvalue weighted by Crippen LogP contribution is -2.17. The van der Waals surface area contributed by atoms with Crippen molar-refractivity contribution in [2.75, 3.05) is 0 Å². The largest absolute Gasteiger partial charge is 0.305 e. The second-order valence-corrected chi connectivity index (χ2v) is 6.76. The highest BCUT2D eigenvalue weighted by Crippen LogP contribution is 2.25. The number of benzene rings is 1. The SMILES string of the molecule is Cc1ccc(C(C)NCc2ccc([N+](=O)[O-])cc2Br)s1. The normalized spacial score (nSPS) is 12.3. The Morgan fingerprint density at radius 3 is 2.70 bits per heavy atom. The zero-order valence-electron chi connectivity index (χ0n) is 11.2. The van der Waals surface area contributed by atoms with Crippen molar-refractivity contribution in [3.8, 4) is 0 Å². The molecule has 2 aromatic rings. The molecule has 106 valence electrons. The smallest absolute Gasteiger partial charge is 0.270 e. The maximum atomic E-state index is 10.7. The van der Waals surface area contributed by atoms with Crippen molar-refractivity contribution >= 4 is 33.0 Å². The van der Waals surface area contributed by atoms with Gasteiger partial charge in [0.15, 0.2) is 0 Å². The van der Waals surface area contributed by atoms with Gasteiger partial charge in [0.1, 0.15) is 0 Å². The van der Waals surface area contributed by atoms with Gasteiger partial charge in [-0.1, -0.05) is 15.9 Å². The van der Waals surface area contributed by atoms with Crippen LogP contribution in [0.25, 0.3) is 0 Å². The molecule has 0 spiro atoms. The van der Waals surface area contributed by atoms with Crippen LogP contribution in [0.5, 0.6) is 0 Å². The van der Waals surface area contributed by atoms with Gasteiger partial charge in [-0.25, -0.2) is 0 Å². The highest BCUT2D eigenvalue weighted by atomic mass is 79.9. The molecule has 4 nitrogen and oxygen atoms in total. The number of nitro benzene ring substituents is 1. The summed E-state index contributed by atoms with van der Waals surface area (Å²) in [4.78, 5) is 12.9. The molecule has 1 N–H and O–H groups in total. The molecular formula is C14H15BrN2O2S. The first-order valence-corrected chi connectivity index (χ1v) is 7.81. The summed E-state index contributed by atoms with van der Waals surface area (Å²) in [7, 11) is 0. The molecule has 0 aliphatic carbocycles. The topological polar surface area (TPSA) is 55.2 Å². The molecule has 1 atom stereocenters. The summed E-state index contributed by atoms with van der Waals surface area (Å²) >= 11 is 5.16. The average Bonchev–Trinajstić information content (AvgIpc) is 2.83. The number of rotatable bonds is 5. The number of aryl methyl sites for hydroxylation is 1. The molecule has 0 aliphatic rings. The number of hydrogen-bond donors (Lipinski definition) is 1. The Kier molecular flexibility index (Phi) is 4.91. The minimum Gasteiger partial charge on any atom is -0.305 e. The molecular weight excluding hydrogens is 340 g/mol. The molecule has 0 radical (unpaired) electrons. The fraction of sp³-hybridized carbons (Fsp3) is 0.286. The van der Waals surface area contributed by atoms with Gasteiger partial charge in [0.05, 0.1) is 4.92 Å². The number of thiophene rings is 1. The highest BCUT2D eigenvalue weighted by molar-refractivity contribution is 9.10. The van der Waals surface area contributed by atoms with Gasteiger partial charge in [0, 0.05) is 38.9 Å². The van der Waals surface area contributed by atoms with E-state index >= 15 is 0 Å². The van der Waals surface area contributed by atoms with Crippen molar-refractivity contribution in [2.24, 2.45) is 0 Å². The molecule has 0 bridgehead atoms. The zero-order valence-corrected chi connectivity index (χ0v) is 13.6. The van der Waals surface area contributed by atoms with Crippen molar-refractivity contribution in [3.63, 3.8) is 0 Å². The molecule has 6 heteroatoms. The van der Waals surface area contributed by atoms with E-state index in [1.165, 1.54) is 21.9 Å². The summed E-state index contributed by atoms with van der Waals surface area (Å²) in [6, 6.07) is 9.35. The number of nitrogens with one attached hydrogen (secondary N) is 1. The fourth-order valence-electron chi connectivity index (χ4n) is 1.84. The highest BCUT2D eigenvalue weighted by Gasteiger charge is 2.11. The Morgan fingerprint density at radius 2 is 2.15 bits per heavy atom. The van der Waals surface area contributed by atoms with Gasteiger partial charge in [-0.05, 0) is 37.6 Å². The van der Waals surface area contributed by atoms with Crippen LogP contribution in [-0.4, -0.2) is 4.92 Å². The van der Waals surface area contributed by atoms with Crippen LogP contribution in [0.15, 0.2) is 34.8 Å². The molecule has 0 amide bonds. The molecule has 2 rings (SSSR count). The van der Waals surface area contributed by atoms with E-state index in [9.17, 15) is 10.1 Å². The number of nitro groups is 1. The molecule has 0 saturated carbocycles. The van der Waals surface area contributed by atoms with Crippen LogP contribution in [0, 0.1) is 17.0 Å². The lowest BCUT2D eigenvalue weighted by molar-refractivity contribution is -0.384. The zero-order chi connectivity index (χ0) is 14.7. The lowest BCUT2D eigenvalue weighted by Gasteiger charge is -2.13. The second-order valence-electron chi connectivity index (χ2n) is 4.58. The number of nitrogens with zero attached hydrogens (tertiary/aromatic N) is 1. The van der Waals surface area contributed by atoms with E-state index in [1.54, 1.807) is 17.4 Å². The molecule has 1 unspecified atom stereocenters. The van der Waals surface area contributed by atoms with Crippen molar-refractivity contribution in [2.45, 2.75) is 26.4 Å². The average molecular weight is 355 g/mol. The first-order chi connectivity index (χ1) is 9.47. The van der Waals surface area contributed by atoms with Crippen LogP contribution < -0.4 is 5.32 Å². The Balaban J connectivity index is 2.02. The van der Waals surface area contributed by atoms with Crippen LogP contribution >= 0.6 is 27.3 Å². The lowest BCUT2D eigenvalue weighted by atomic mass is 10.2. The Hall–Kier alpha value is -1.24. The predicted molar refractivity (Wildman–Crippen MR) is 85.1 cm³/mol. The second kappa shape index (κ2) is 6.47. The predicted octanol–water partition coefficient (Wildman–Crippen LogP) is 4.58. The van der Waals surface area contributed by atoms with Crippen LogP contribution in [0.1, 0.15) is 28.3 Å². The minimum absolute atomic E-state index is 0.0996. The Bertz CT molecular complexity index is 627. The van der Waals surface area contributed by atoms with Crippen LogP contribution in [0.3, 0.4) is 0 Å². The summed E-state index contributed by atoms with van der Waals surface area (Å²) in [5.74, 6) is 0. The molecule has 1 aromatic heterocycles. The standard InChI is InChI=1S/C14H15BrN2O2S/c1-9-3-6-14(20-9)10(2)16-8-11-4-5-12(17(18)19)7-13(11)15/h3-7,10,16H,8H2,1-2H3. The first-order valence-electron chi connectivity index (χ1n) is 6.20. The van der Waals surface area contributed by atoms with Crippen LogP contribution in [0.2, 0.25) is 0 Å². The van der Waals surface area contributed by atoms with E-state index in [1.807, 2.05) is 0 Å². The molecule has 1 aromatic carbocycles. The number of hydrogen-bond acceptors (Lipinski definition) is 4. The van der Waals surface area contributed by atoms with Crippen molar-refractivity contribution in [3.05, 3.63) is 60.2 Å². The number of halogens is 1. The van der Waals surface area contributed by atoms with E-state index in [2.05, 4.69) is 47.2 Å². The summed E-state index contributed by atoms with van der Waals surface area (Å²) < 4.78 is 0.758. The maximum Gasteiger partial charge on any atom is 0.270 e. The fourth-order valence-corrected chi connectivity index (χ4v) is 3.25. The third kappa shape index (κ3) is 3.65. The van der Waals surface area contributed by atoms with E-state index < -0.39 is 0 Å².